The van der Waals surface area contributed by atoms with Crippen LogP contribution in [0.3, 0.4) is 0 Å². The van der Waals surface area contributed by atoms with Crippen LogP contribution in [-0.2, 0) is 9.59 Å². The predicted molar refractivity (Wildman–Crippen MR) is 79.0 cm³/mol. The molecule has 0 aliphatic heterocycles. The third-order valence-corrected chi connectivity index (χ3v) is 2.74. The quantitative estimate of drug-likeness (QED) is 0.129. The fraction of sp³-hybridized carbons (Fsp3) is 0.750. The van der Waals surface area contributed by atoms with Crippen molar-refractivity contribution in [3.63, 3.8) is 0 Å². The number of hydrogen-bond donors (Lipinski definition) is 5. The van der Waals surface area contributed by atoms with Crippen LogP contribution in [0.15, 0.2) is 4.99 Å². The van der Waals surface area contributed by atoms with E-state index in [9.17, 15) is 9.59 Å². The van der Waals surface area contributed by atoms with Gasteiger partial charge in [-0.25, -0.2) is 0 Å². The minimum absolute atomic E-state index is 0.0169. The molecule has 116 valence electrons. The number of nitrogens with zero attached hydrogens (tertiary/aromatic N) is 1. The Morgan fingerprint density at radius 2 is 2.00 bits per heavy atom. The van der Waals surface area contributed by atoms with Crippen molar-refractivity contribution in [1.29, 1.82) is 0 Å². The molecule has 0 radical (unpaired) electrons. The zero-order valence-electron chi connectivity index (χ0n) is 12.0. The van der Waals surface area contributed by atoms with E-state index in [1.165, 1.54) is 0 Å². The maximum atomic E-state index is 11.8. The van der Waals surface area contributed by atoms with Crippen LogP contribution < -0.4 is 27.8 Å². The van der Waals surface area contributed by atoms with Gasteiger partial charge in [-0.1, -0.05) is 0 Å². The van der Waals surface area contributed by atoms with Crippen molar-refractivity contribution in [3.8, 4) is 0 Å². The van der Waals surface area contributed by atoms with Crippen LogP contribution in [0.2, 0.25) is 0 Å². The number of nitrogens with two attached hydrogens (primary N) is 3. The van der Waals surface area contributed by atoms with Crippen molar-refractivity contribution in [2.75, 3.05) is 20.1 Å². The standard InChI is InChI=1S/C12H26N6O2/c1-16-6-3-5-10(13)11(20)18-9(8-19)4-2-7-17-12(14)15/h8-10,16H,2-7,13H2,1H3,(H,18,20)(H4,14,15,17)/t9-,10-/m1/s1. The fourth-order valence-electron chi connectivity index (χ4n) is 1.61. The summed E-state index contributed by atoms with van der Waals surface area (Å²) in [5, 5.41) is 5.60. The second-order valence-electron chi connectivity index (χ2n) is 4.55. The summed E-state index contributed by atoms with van der Waals surface area (Å²) in [4.78, 5) is 26.5. The lowest BCUT2D eigenvalue weighted by atomic mass is 10.1. The van der Waals surface area contributed by atoms with Gasteiger partial charge in [0.2, 0.25) is 5.91 Å². The van der Waals surface area contributed by atoms with Gasteiger partial charge in [-0.05, 0) is 39.3 Å². The van der Waals surface area contributed by atoms with E-state index in [2.05, 4.69) is 15.6 Å². The number of amides is 1. The zero-order valence-corrected chi connectivity index (χ0v) is 12.0. The average molecular weight is 286 g/mol. The second kappa shape index (κ2) is 11.2. The number of carbonyl (C=O) groups excluding carboxylic acids is 2. The number of aldehydes is 1. The molecule has 0 rings (SSSR count). The monoisotopic (exact) mass is 286 g/mol. The number of guanidine groups is 1. The summed E-state index contributed by atoms with van der Waals surface area (Å²) in [7, 11) is 1.84. The molecule has 0 bridgehead atoms. The van der Waals surface area contributed by atoms with Gasteiger partial charge in [0, 0.05) is 6.54 Å². The molecule has 0 saturated carbocycles. The summed E-state index contributed by atoms with van der Waals surface area (Å²) in [6.45, 7) is 1.23. The van der Waals surface area contributed by atoms with Gasteiger partial charge in [0.25, 0.3) is 0 Å². The normalized spacial score (nSPS) is 13.3. The van der Waals surface area contributed by atoms with Gasteiger partial charge in [0.1, 0.15) is 6.29 Å². The highest BCUT2D eigenvalue weighted by molar-refractivity contribution is 5.84. The average Bonchev–Trinajstić information content (AvgIpc) is 2.41. The van der Waals surface area contributed by atoms with Crippen molar-refractivity contribution in [2.24, 2.45) is 22.2 Å². The summed E-state index contributed by atoms with van der Waals surface area (Å²) in [6, 6.07) is -1.14. The van der Waals surface area contributed by atoms with Crippen LogP contribution in [0.4, 0.5) is 0 Å². The molecule has 0 aromatic heterocycles. The summed E-state index contributed by atoms with van der Waals surface area (Å²) >= 11 is 0. The van der Waals surface area contributed by atoms with Gasteiger partial charge in [0.05, 0.1) is 12.1 Å². The lowest BCUT2D eigenvalue weighted by Crippen LogP contribution is -2.46. The molecule has 20 heavy (non-hydrogen) atoms. The van der Waals surface area contributed by atoms with Gasteiger partial charge in [-0.15, -0.1) is 0 Å². The van der Waals surface area contributed by atoms with Crippen LogP contribution in [-0.4, -0.2) is 50.4 Å². The lowest BCUT2D eigenvalue weighted by molar-refractivity contribution is -0.125. The highest BCUT2D eigenvalue weighted by Crippen LogP contribution is 1.98. The second-order valence-corrected chi connectivity index (χ2v) is 4.55. The van der Waals surface area contributed by atoms with Crippen LogP contribution in [0, 0.1) is 0 Å². The van der Waals surface area contributed by atoms with Gasteiger partial charge in [0.15, 0.2) is 5.96 Å². The summed E-state index contributed by atoms with van der Waals surface area (Å²) in [5.74, 6) is -0.289. The van der Waals surface area contributed by atoms with Gasteiger partial charge < -0.3 is 32.6 Å². The van der Waals surface area contributed by atoms with E-state index in [0.29, 0.717) is 32.1 Å². The third-order valence-electron chi connectivity index (χ3n) is 2.74. The highest BCUT2D eigenvalue weighted by atomic mass is 16.2. The zero-order chi connectivity index (χ0) is 15.4. The van der Waals surface area contributed by atoms with Gasteiger partial charge in [-0.3, -0.25) is 9.79 Å². The molecule has 0 saturated heterocycles. The predicted octanol–water partition coefficient (Wildman–Crippen LogP) is -1.95. The Morgan fingerprint density at radius 3 is 2.55 bits per heavy atom. The van der Waals surface area contributed by atoms with Gasteiger partial charge >= 0.3 is 0 Å². The minimum atomic E-state index is -0.594. The lowest BCUT2D eigenvalue weighted by Gasteiger charge is -2.16. The smallest absolute Gasteiger partial charge is 0.237 e. The Morgan fingerprint density at radius 1 is 1.30 bits per heavy atom. The first-order chi connectivity index (χ1) is 9.51. The number of carbonyl (C=O) groups is 2. The van der Waals surface area contributed by atoms with Crippen molar-refractivity contribution < 1.29 is 9.59 Å². The first-order valence-electron chi connectivity index (χ1n) is 6.72. The third kappa shape index (κ3) is 9.29. The molecule has 0 aliphatic carbocycles. The molecule has 8 nitrogen and oxygen atoms in total. The molecule has 0 heterocycles. The summed E-state index contributed by atoms with van der Waals surface area (Å²) in [6.07, 6.45) is 3.17. The molecular formula is C12H26N6O2. The fourth-order valence-corrected chi connectivity index (χ4v) is 1.61. The molecule has 8 heteroatoms. The van der Waals surface area contributed by atoms with Crippen LogP contribution in [0.25, 0.3) is 0 Å². The van der Waals surface area contributed by atoms with E-state index in [1.807, 2.05) is 7.05 Å². The number of nitrogens with one attached hydrogen (secondary N) is 2. The Bertz CT molecular complexity index is 317. The van der Waals surface area contributed by atoms with E-state index in [0.717, 1.165) is 13.0 Å². The van der Waals surface area contributed by atoms with Crippen LogP contribution in [0.5, 0.6) is 0 Å². The van der Waals surface area contributed by atoms with E-state index in [1.54, 1.807) is 0 Å². The maximum absolute atomic E-state index is 11.8. The SMILES string of the molecule is CNCCC[C@@H](N)C(=O)N[C@@H](C=O)CCCN=C(N)N. The highest BCUT2D eigenvalue weighted by Gasteiger charge is 2.17. The molecular weight excluding hydrogens is 260 g/mol. The van der Waals surface area contributed by atoms with E-state index >= 15 is 0 Å². The first kappa shape index (κ1) is 18.3. The van der Waals surface area contributed by atoms with Crippen molar-refractivity contribution in [2.45, 2.75) is 37.8 Å². The molecule has 1 amide bonds. The van der Waals surface area contributed by atoms with Crippen molar-refractivity contribution in [3.05, 3.63) is 0 Å². The molecule has 8 N–H and O–H groups in total. The molecule has 0 aromatic rings. The van der Waals surface area contributed by atoms with Crippen molar-refractivity contribution in [1.82, 2.24) is 10.6 Å². The van der Waals surface area contributed by atoms with Gasteiger partial charge in [-0.2, -0.15) is 0 Å². The Kier molecular flexibility index (Phi) is 10.2. The Labute approximate surface area is 119 Å². The van der Waals surface area contributed by atoms with Crippen molar-refractivity contribution >= 4 is 18.2 Å². The topological polar surface area (TPSA) is 149 Å². The Hall–Kier alpha value is -1.67. The van der Waals surface area contributed by atoms with Crippen LogP contribution in [0.1, 0.15) is 25.7 Å². The van der Waals surface area contributed by atoms with E-state index in [4.69, 9.17) is 17.2 Å². The molecule has 0 unspecified atom stereocenters. The van der Waals surface area contributed by atoms with E-state index in [-0.39, 0.29) is 11.9 Å². The molecule has 2 atom stereocenters. The molecule has 0 fully saturated rings. The molecule has 0 aromatic carbocycles. The number of aliphatic imine (C=N–C) groups is 1. The number of hydrogen-bond acceptors (Lipinski definition) is 5. The Balaban J connectivity index is 3.98. The number of rotatable bonds is 11. The maximum Gasteiger partial charge on any atom is 0.237 e. The van der Waals surface area contributed by atoms with E-state index < -0.39 is 12.1 Å². The molecule has 0 spiro atoms. The minimum Gasteiger partial charge on any atom is -0.370 e. The summed E-state index contributed by atoms with van der Waals surface area (Å²) in [5.41, 5.74) is 16.1. The van der Waals surface area contributed by atoms with Crippen LogP contribution >= 0.6 is 0 Å². The summed E-state index contributed by atoms with van der Waals surface area (Å²) < 4.78 is 0. The molecule has 0 aliphatic rings. The largest absolute Gasteiger partial charge is 0.370 e. The first-order valence-corrected chi connectivity index (χ1v) is 6.72.